The lowest BCUT2D eigenvalue weighted by atomic mass is 10.1. The lowest BCUT2D eigenvalue weighted by Gasteiger charge is -2.15. The van der Waals surface area contributed by atoms with E-state index in [-0.39, 0.29) is 23.4 Å². The molecule has 3 rings (SSSR count). The van der Waals surface area contributed by atoms with Gasteiger partial charge in [-0.05, 0) is 19.1 Å². The second-order valence-electron chi connectivity index (χ2n) is 5.22. The van der Waals surface area contributed by atoms with E-state index in [0.717, 1.165) is 4.90 Å². The Morgan fingerprint density at radius 2 is 1.64 bits per heavy atom. The average Bonchev–Trinajstić information content (AvgIpc) is 2.80. The molecule has 0 bridgehead atoms. The van der Waals surface area contributed by atoms with Crippen LogP contribution in [0.1, 0.15) is 43.7 Å². The van der Waals surface area contributed by atoms with Crippen molar-refractivity contribution in [2.75, 3.05) is 6.61 Å². The highest BCUT2D eigenvalue weighted by Gasteiger charge is 2.36. The van der Waals surface area contributed by atoms with Gasteiger partial charge in [0.25, 0.3) is 17.4 Å². The van der Waals surface area contributed by atoms with Crippen LogP contribution in [-0.4, -0.2) is 39.3 Å². The molecule has 25 heavy (non-hydrogen) atoms. The smallest absolute Gasteiger partial charge is 0.345 e. The molecular formula is C16H13N3O6. The molecule has 128 valence electrons. The van der Waals surface area contributed by atoms with Gasteiger partial charge in [0.05, 0.1) is 30.0 Å². The summed E-state index contributed by atoms with van der Waals surface area (Å²) in [4.78, 5) is 65.4. The van der Waals surface area contributed by atoms with Crippen molar-refractivity contribution in [1.29, 1.82) is 0 Å². The third-order valence-electron chi connectivity index (χ3n) is 3.69. The standard InChI is InChI=1S/C16H13N3O6/c1-2-25-15(23)11-10(17-16(24)18-12(11)20)7-19-13(21)8-5-3-4-6-9(8)14(19)22/h3-6H,2,7H2,1H3,(H2,17,18,20,24). The van der Waals surface area contributed by atoms with Gasteiger partial charge in [0, 0.05) is 0 Å². The number of benzene rings is 1. The first-order chi connectivity index (χ1) is 11.9. The van der Waals surface area contributed by atoms with E-state index in [1.54, 1.807) is 19.1 Å². The van der Waals surface area contributed by atoms with Crippen LogP contribution in [0, 0.1) is 0 Å². The van der Waals surface area contributed by atoms with Crippen molar-refractivity contribution in [2.24, 2.45) is 0 Å². The summed E-state index contributed by atoms with van der Waals surface area (Å²) >= 11 is 0. The fourth-order valence-corrected chi connectivity index (χ4v) is 2.61. The molecule has 9 nitrogen and oxygen atoms in total. The Labute approximate surface area is 140 Å². The minimum Gasteiger partial charge on any atom is -0.462 e. The van der Waals surface area contributed by atoms with E-state index in [1.165, 1.54) is 12.1 Å². The summed E-state index contributed by atoms with van der Waals surface area (Å²) in [7, 11) is 0. The second kappa shape index (κ2) is 6.19. The maximum Gasteiger partial charge on any atom is 0.345 e. The maximum absolute atomic E-state index is 12.4. The van der Waals surface area contributed by atoms with Crippen molar-refractivity contribution in [3.8, 4) is 0 Å². The molecule has 0 unspecified atom stereocenters. The van der Waals surface area contributed by atoms with E-state index in [4.69, 9.17) is 4.74 Å². The Balaban J connectivity index is 2.03. The molecule has 0 fully saturated rings. The van der Waals surface area contributed by atoms with Gasteiger partial charge in [-0.3, -0.25) is 24.3 Å². The fraction of sp³-hybridized carbons (Fsp3) is 0.188. The fourth-order valence-electron chi connectivity index (χ4n) is 2.61. The molecule has 2 aromatic rings. The van der Waals surface area contributed by atoms with Gasteiger partial charge in [-0.15, -0.1) is 0 Å². The number of imide groups is 1. The first-order valence-electron chi connectivity index (χ1n) is 7.41. The Morgan fingerprint density at radius 3 is 2.20 bits per heavy atom. The number of ether oxygens (including phenoxy) is 1. The average molecular weight is 343 g/mol. The van der Waals surface area contributed by atoms with Crippen LogP contribution in [0.5, 0.6) is 0 Å². The minimum absolute atomic E-state index is 0.0177. The summed E-state index contributed by atoms with van der Waals surface area (Å²) in [5.74, 6) is -2.10. The highest BCUT2D eigenvalue weighted by molar-refractivity contribution is 6.21. The van der Waals surface area contributed by atoms with Crippen molar-refractivity contribution < 1.29 is 19.1 Å². The molecule has 0 aliphatic carbocycles. The van der Waals surface area contributed by atoms with Crippen molar-refractivity contribution >= 4 is 17.8 Å². The first kappa shape index (κ1) is 16.4. The number of nitrogens with one attached hydrogen (secondary N) is 2. The van der Waals surface area contributed by atoms with Gasteiger partial charge in [-0.1, -0.05) is 12.1 Å². The monoisotopic (exact) mass is 343 g/mol. The summed E-state index contributed by atoms with van der Waals surface area (Å²) in [6, 6.07) is 6.24. The minimum atomic E-state index is -0.952. The summed E-state index contributed by atoms with van der Waals surface area (Å²) in [5.41, 5.74) is -1.98. The van der Waals surface area contributed by atoms with Crippen LogP contribution in [-0.2, 0) is 11.3 Å². The number of H-pyrrole nitrogens is 2. The maximum atomic E-state index is 12.4. The molecular weight excluding hydrogens is 330 g/mol. The van der Waals surface area contributed by atoms with E-state index in [9.17, 15) is 24.0 Å². The van der Waals surface area contributed by atoms with Gasteiger partial charge in [-0.2, -0.15) is 0 Å². The van der Waals surface area contributed by atoms with Gasteiger partial charge in [0.1, 0.15) is 5.56 Å². The number of carbonyl (C=O) groups excluding carboxylic acids is 3. The number of amides is 2. The number of fused-ring (bicyclic) bond motifs is 1. The molecule has 1 aromatic heterocycles. The number of carbonyl (C=O) groups is 3. The Hall–Kier alpha value is -3.49. The number of hydrogen-bond donors (Lipinski definition) is 2. The zero-order valence-corrected chi connectivity index (χ0v) is 13.1. The van der Waals surface area contributed by atoms with Gasteiger partial charge < -0.3 is 9.72 Å². The van der Waals surface area contributed by atoms with Gasteiger partial charge in [0.15, 0.2) is 0 Å². The van der Waals surface area contributed by atoms with Crippen molar-refractivity contribution in [3.05, 3.63) is 67.5 Å². The zero-order valence-electron chi connectivity index (χ0n) is 13.1. The molecule has 1 aromatic carbocycles. The number of aromatic amines is 2. The highest BCUT2D eigenvalue weighted by atomic mass is 16.5. The van der Waals surface area contributed by atoms with Crippen LogP contribution in [0.15, 0.2) is 33.9 Å². The van der Waals surface area contributed by atoms with Gasteiger partial charge >= 0.3 is 11.7 Å². The SMILES string of the molecule is CCOC(=O)c1c(CN2C(=O)c3ccccc3C2=O)[nH]c(=O)[nH]c1=O. The van der Waals surface area contributed by atoms with Crippen molar-refractivity contribution in [1.82, 2.24) is 14.9 Å². The number of esters is 1. The predicted octanol–water partition coefficient (Wildman–Crippen LogP) is 0.0361. The molecule has 2 heterocycles. The molecule has 0 atom stereocenters. The van der Waals surface area contributed by atoms with Crippen molar-refractivity contribution in [2.45, 2.75) is 13.5 Å². The Kier molecular flexibility index (Phi) is 4.05. The van der Waals surface area contributed by atoms with E-state index in [0.29, 0.717) is 0 Å². The summed E-state index contributed by atoms with van der Waals surface area (Å²) < 4.78 is 4.80. The second-order valence-corrected chi connectivity index (χ2v) is 5.22. The zero-order chi connectivity index (χ0) is 18.1. The Morgan fingerprint density at radius 1 is 1.04 bits per heavy atom. The van der Waals surface area contributed by atoms with Gasteiger partial charge in [-0.25, -0.2) is 9.59 Å². The predicted molar refractivity (Wildman–Crippen MR) is 84.3 cm³/mol. The molecule has 0 radical (unpaired) electrons. The topological polar surface area (TPSA) is 129 Å². The van der Waals surface area contributed by atoms with Gasteiger partial charge in [0.2, 0.25) is 0 Å². The molecule has 0 saturated carbocycles. The van der Waals surface area contributed by atoms with Crippen LogP contribution in [0.3, 0.4) is 0 Å². The number of rotatable bonds is 4. The van der Waals surface area contributed by atoms with E-state index < -0.39 is 41.1 Å². The summed E-state index contributed by atoms with van der Waals surface area (Å²) in [6.45, 7) is 1.14. The van der Waals surface area contributed by atoms with E-state index in [1.807, 2.05) is 4.98 Å². The van der Waals surface area contributed by atoms with Crippen molar-refractivity contribution in [3.63, 3.8) is 0 Å². The van der Waals surface area contributed by atoms with Crippen LogP contribution in [0.4, 0.5) is 0 Å². The summed E-state index contributed by atoms with van der Waals surface area (Å²) in [5, 5.41) is 0. The molecule has 2 amide bonds. The molecule has 0 spiro atoms. The quantitative estimate of drug-likeness (QED) is 0.595. The van der Waals surface area contributed by atoms with Crippen LogP contribution in [0.2, 0.25) is 0 Å². The third kappa shape index (κ3) is 2.75. The lowest BCUT2D eigenvalue weighted by Crippen LogP contribution is -2.36. The highest BCUT2D eigenvalue weighted by Crippen LogP contribution is 2.24. The van der Waals surface area contributed by atoms with Crippen LogP contribution >= 0.6 is 0 Å². The third-order valence-corrected chi connectivity index (χ3v) is 3.69. The number of nitrogens with zero attached hydrogens (tertiary/aromatic N) is 1. The summed E-state index contributed by atoms with van der Waals surface area (Å²) in [6.07, 6.45) is 0. The normalized spacial score (nSPS) is 13.1. The largest absolute Gasteiger partial charge is 0.462 e. The van der Waals surface area contributed by atoms with E-state index >= 15 is 0 Å². The van der Waals surface area contributed by atoms with Crippen LogP contribution < -0.4 is 11.2 Å². The number of hydrogen-bond acceptors (Lipinski definition) is 6. The number of aromatic nitrogens is 2. The molecule has 1 aliphatic heterocycles. The lowest BCUT2D eigenvalue weighted by molar-refractivity contribution is 0.0513. The molecule has 9 heteroatoms. The van der Waals surface area contributed by atoms with E-state index in [2.05, 4.69) is 4.98 Å². The molecule has 0 saturated heterocycles. The molecule has 1 aliphatic rings. The van der Waals surface area contributed by atoms with Crippen LogP contribution in [0.25, 0.3) is 0 Å². The first-order valence-corrected chi connectivity index (χ1v) is 7.41. The Bertz CT molecular complexity index is 968. The molecule has 2 N–H and O–H groups in total.